The van der Waals surface area contributed by atoms with Crippen LogP contribution in [-0.2, 0) is 4.74 Å². The zero-order chi connectivity index (χ0) is 14.4. The fraction of sp³-hybridized carbons (Fsp3) is 0.571. The smallest absolute Gasteiger partial charge is 0.257 e. The van der Waals surface area contributed by atoms with Gasteiger partial charge in [-0.05, 0) is 25.1 Å². The molecule has 2 rings (SSSR count). The number of carbonyl (C=O) groups is 1. The highest BCUT2D eigenvalue weighted by molar-refractivity contribution is 6.32. The molecule has 2 heterocycles. The van der Waals surface area contributed by atoms with Crippen molar-refractivity contribution in [2.45, 2.75) is 6.42 Å². The summed E-state index contributed by atoms with van der Waals surface area (Å²) in [5.74, 6) is -0.0308. The first-order valence-corrected chi connectivity index (χ1v) is 7.21. The van der Waals surface area contributed by atoms with Crippen LogP contribution in [0.15, 0.2) is 18.3 Å². The van der Waals surface area contributed by atoms with Crippen LogP contribution in [0.3, 0.4) is 0 Å². The van der Waals surface area contributed by atoms with Crippen LogP contribution in [0, 0.1) is 0 Å². The molecular formula is C14H20ClN3O2. The van der Waals surface area contributed by atoms with E-state index in [9.17, 15) is 4.79 Å². The van der Waals surface area contributed by atoms with E-state index in [-0.39, 0.29) is 11.1 Å². The molecule has 0 N–H and O–H groups in total. The normalized spacial score (nSPS) is 17.0. The van der Waals surface area contributed by atoms with Crippen LogP contribution >= 0.6 is 11.6 Å². The summed E-state index contributed by atoms with van der Waals surface area (Å²) in [5.41, 5.74) is 0.486. The summed E-state index contributed by atoms with van der Waals surface area (Å²) in [6.45, 7) is 4.97. The molecule has 0 bridgehead atoms. The van der Waals surface area contributed by atoms with Crippen molar-refractivity contribution in [1.82, 2.24) is 14.8 Å². The maximum Gasteiger partial charge on any atom is 0.257 e. The molecule has 1 aliphatic rings. The number of carbonyl (C=O) groups excluding carboxylic acids is 1. The summed E-state index contributed by atoms with van der Waals surface area (Å²) < 4.78 is 5.10. The molecule has 0 saturated carbocycles. The Morgan fingerprint density at radius 2 is 2.25 bits per heavy atom. The maximum atomic E-state index is 12.5. The second-order valence-corrected chi connectivity index (χ2v) is 5.18. The quantitative estimate of drug-likeness (QED) is 0.791. The summed E-state index contributed by atoms with van der Waals surface area (Å²) in [6.07, 6.45) is 2.56. The van der Waals surface area contributed by atoms with Crippen molar-refractivity contribution in [3.63, 3.8) is 0 Å². The van der Waals surface area contributed by atoms with Crippen molar-refractivity contribution in [2.75, 3.05) is 46.4 Å². The number of methoxy groups -OCH3 is 1. The number of rotatable bonds is 4. The van der Waals surface area contributed by atoms with Gasteiger partial charge in [0.15, 0.2) is 0 Å². The van der Waals surface area contributed by atoms with Crippen molar-refractivity contribution in [1.29, 1.82) is 0 Å². The second kappa shape index (κ2) is 7.57. The Balaban J connectivity index is 1.96. The Morgan fingerprint density at radius 1 is 1.40 bits per heavy atom. The minimum atomic E-state index is -0.0308. The van der Waals surface area contributed by atoms with Crippen LogP contribution < -0.4 is 0 Å². The van der Waals surface area contributed by atoms with E-state index in [1.54, 1.807) is 25.4 Å². The molecule has 1 aliphatic heterocycles. The fourth-order valence-electron chi connectivity index (χ4n) is 2.33. The largest absolute Gasteiger partial charge is 0.383 e. The molecular weight excluding hydrogens is 278 g/mol. The summed E-state index contributed by atoms with van der Waals surface area (Å²) in [4.78, 5) is 20.6. The van der Waals surface area contributed by atoms with Gasteiger partial charge in [0, 0.05) is 39.5 Å². The lowest BCUT2D eigenvalue weighted by Crippen LogP contribution is -2.36. The predicted molar refractivity (Wildman–Crippen MR) is 78.1 cm³/mol. The minimum Gasteiger partial charge on any atom is -0.383 e. The third-order valence-electron chi connectivity index (χ3n) is 3.48. The summed E-state index contributed by atoms with van der Waals surface area (Å²) in [5, 5.41) is 0.276. The van der Waals surface area contributed by atoms with Gasteiger partial charge in [0.25, 0.3) is 5.91 Å². The van der Waals surface area contributed by atoms with Crippen LogP contribution in [0.4, 0.5) is 0 Å². The summed E-state index contributed by atoms with van der Waals surface area (Å²) >= 11 is 5.99. The van der Waals surface area contributed by atoms with Crippen molar-refractivity contribution in [3.05, 3.63) is 29.0 Å². The number of pyridine rings is 1. The molecule has 1 amide bonds. The van der Waals surface area contributed by atoms with Crippen LogP contribution in [0.1, 0.15) is 16.8 Å². The number of halogens is 1. The molecule has 0 atom stereocenters. The second-order valence-electron chi connectivity index (χ2n) is 4.82. The number of nitrogens with zero attached hydrogens (tertiary/aromatic N) is 3. The van der Waals surface area contributed by atoms with Gasteiger partial charge in [0.2, 0.25) is 0 Å². The van der Waals surface area contributed by atoms with Gasteiger partial charge >= 0.3 is 0 Å². The molecule has 1 fully saturated rings. The van der Waals surface area contributed by atoms with Gasteiger partial charge in [-0.1, -0.05) is 11.6 Å². The molecule has 1 aromatic rings. The molecule has 20 heavy (non-hydrogen) atoms. The molecule has 0 spiro atoms. The third-order valence-corrected chi connectivity index (χ3v) is 3.78. The summed E-state index contributed by atoms with van der Waals surface area (Å²) in [6, 6.07) is 3.47. The highest BCUT2D eigenvalue weighted by atomic mass is 35.5. The molecule has 0 unspecified atom stereocenters. The Hall–Kier alpha value is -1.17. The van der Waals surface area contributed by atoms with Crippen molar-refractivity contribution >= 4 is 17.5 Å². The van der Waals surface area contributed by atoms with Gasteiger partial charge < -0.3 is 9.64 Å². The molecule has 1 saturated heterocycles. The monoisotopic (exact) mass is 297 g/mol. The van der Waals surface area contributed by atoms with E-state index < -0.39 is 0 Å². The van der Waals surface area contributed by atoms with Crippen molar-refractivity contribution in [3.8, 4) is 0 Å². The van der Waals surface area contributed by atoms with Crippen molar-refractivity contribution in [2.24, 2.45) is 0 Å². The molecule has 5 nitrogen and oxygen atoms in total. The molecule has 1 aromatic heterocycles. The van der Waals surface area contributed by atoms with Crippen LogP contribution in [-0.4, -0.2) is 67.1 Å². The van der Waals surface area contributed by atoms with E-state index in [2.05, 4.69) is 9.88 Å². The van der Waals surface area contributed by atoms with E-state index >= 15 is 0 Å². The number of amides is 1. The molecule has 6 heteroatoms. The standard InChI is InChI=1S/C14H20ClN3O2/c1-20-11-10-17-6-3-7-18(9-8-17)14(19)12-4-2-5-16-13(12)15/h2,4-5H,3,6-11H2,1H3. The van der Waals surface area contributed by atoms with Gasteiger partial charge in [0.05, 0.1) is 12.2 Å². The van der Waals surface area contributed by atoms with E-state index in [1.165, 1.54) is 0 Å². The Labute approximate surface area is 124 Å². The molecule has 110 valence electrons. The minimum absolute atomic E-state index is 0.0308. The Bertz CT molecular complexity index is 456. The zero-order valence-electron chi connectivity index (χ0n) is 11.7. The van der Waals surface area contributed by atoms with Crippen LogP contribution in [0.2, 0.25) is 5.15 Å². The lowest BCUT2D eigenvalue weighted by molar-refractivity contribution is 0.0759. The third kappa shape index (κ3) is 3.91. The highest BCUT2D eigenvalue weighted by Crippen LogP contribution is 2.15. The van der Waals surface area contributed by atoms with Crippen molar-refractivity contribution < 1.29 is 9.53 Å². The first-order valence-electron chi connectivity index (χ1n) is 6.83. The van der Waals surface area contributed by atoms with Crippen LogP contribution in [0.5, 0.6) is 0 Å². The zero-order valence-corrected chi connectivity index (χ0v) is 12.5. The molecule has 0 aliphatic carbocycles. The van der Waals surface area contributed by atoms with Crippen LogP contribution in [0.25, 0.3) is 0 Å². The number of ether oxygens (including phenoxy) is 1. The average molecular weight is 298 g/mol. The SMILES string of the molecule is COCCN1CCCN(C(=O)c2cccnc2Cl)CC1. The Morgan fingerprint density at radius 3 is 3.00 bits per heavy atom. The Kier molecular flexibility index (Phi) is 5.76. The van der Waals surface area contributed by atoms with Gasteiger partial charge in [0.1, 0.15) is 5.15 Å². The lowest BCUT2D eigenvalue weighted by Gasteiger charge is -2.22. The van der Waals surface area contributed by atoms with Gasteiger partial charge in [-0.2, -0.15) is 0 Å². The predicted octanol–water partition coefficient (Wildman–Crippen LogP) is 1.53. The van der Waals surface area contributed by atoms with Gasteiger partial charge in [-0.3, -0.25) is 9.69 Å². The van der Waals surface area contributed by atoms with E-state index in [0.29, 0.717) is 12.1 Å². The lowest BCUT2D eigenvalue weighted by atomic mass is 10.2. The first kappa shape index (κ1) is 15.2. The highest BCUT2D eigenvalue weighted by Gasteiger charge is 2.21. The number of aromatic nitrogens is 1. The molecule has 0 aromatic carbocycles. The fourth-order valence-corrected chi connectivity index (χ4v) is 2.53. The van der Waals surface area contributed by atoms with E-state index in [0.717, 1.165) is 39.2 Å². The topological polar surface area (TPSA) is 45.7 Å². The average Bonchev–Trinajstić information content (AvgIpc) is 2.70. The molecule has 0 radical (unpaired) electrons. The summed E-state index contributed by atoms with van der Waals surface area (Å²) in [7, 11) is 1.71. The maximum absolute atomic E-state index is 12.5. The number of hydrogen-bond acceptors (Lipinski definition) is 4. The first-order chi connectivity index (χ1) is 9.72. The van der Waals surface area contributed by atoms with Gasteiger partial charge in [-0.15, -0.1) is 0 Å². The number of hydrogen-bond donors (Lipinski definition) is 0. The van der Waals surface area contributed by atoms with Gasteiger partial charge in [-0.25, -0.2) is 4.98 Å². The van der Waals surface area contributed by atoms with E-state index in [1.807, 2.05) is 4.90 Å². The van der Waals surface area contributed by atoms with E-state index in [4.69, 9.17) is 16.3 Å².